The van der Waals surface area contributed by atoms with Gasteiger partial charge in [-0.05, 0) is 70.0 Å². The van der Waals surface area contributed by atoms with Gasteiger partial charge in [0.05, 0.1) is 11.6 Å². The Hall–Kier alpha value is -2.92. The molecule has 0 unspecified atom stereocenters. The SMILES string of the molecule is CCCc1cc2c(cc1F)-c1ccc(-c3ccc(C#N)cc3)cc1C2. The molecule has 0 aromatic heterocycles. The van der Waals surface area contributed by atoms with Gasteiger partial charge in [0.25, 0.3) is 0 Å². The van der Waals surface area contributed by atoms with Crippen molar-refractivity contribution in [3.63, 3.8) is 0 Å². The summed E-state index contributed by atoms with van der Waals surface area (Å²) in [5.41, 5.74) is 8.33. The maximum Gasteiger partial charge on any atom is 0.127 e. The smallest absolute Gasteiger partial charge is 0.127 e. The highest BCUT2D eigenvalue weighted by molar-refractivity contribution is 5.80. The normalized spacial score (nSPS) is 11.7. The van der Waals surface area contributed by atoms with Crippen LogP contribution in [0.1, 0.15) is 35.6 Å². The number of rotatable bonds is 3. The van der Waals surface area contributed by atoms with E-state index in [4.69, 9.17) is 5.26 Å². The van der Waals surface area contributed by atoms with Crippen molar-refractivity contribution in [2.24, 2.45) is 0 Å². The van der Waals surface area contributed by atoms with E-state index in [1.165, 1.54) is 11.1 Å². The molecule has 0 aliphatic heterocycles. The summed E-state index contributed by atoms with van der Waals surface area (Å²) in [5, 5.41) is 8.93. The first-order valence-corrected chi connectivity index (χ1v) is 8.64. The number of hydrogen-bond donors (Lipinski definition) is 0. The minimum Gasteiger partial charge on any atom is -0.207 e. The van der Waals surface area contributed by atoms with E-state index in [1.54, 1.807) is 6.07 Å². The number of hydrogen-bond acceptors (Lipinski definition) is 1. The second kappa shape index (κ2) is 6.18. The monoisotopic (exact) mass is 327 g/mol. The van der Waals surface area contributed by atoms with Crippen molar-refractivity contribution < 1.29 is 4.39 Å². The Bertz CT molecular complexity index is 994. The van der Waals surface area contributed by atoms with E-state index < -0.39 is 0 Å². The molecule has 0 N–H and O–H groups in total. The molecule has 122 valence electrons. The van der Waals surface area contributed by atoms with E-state index in [1.807, 2.05) is 30.3 Å². The Morgan fingerprint density at radius 3 is 2.36 bits per heavy atom. The first-order chi connectivity index (χ1) is 12.2. The molecular formula is C23H18FN. The Balaban J connectivity index is 1.72. The standard InChI is InChI=1S/C23H18FN/c1-2-3-18-11-20-12-19-10-17(16-6-4-15(14-25)5-7-16)8-9-21(19)22(20)13-23(18)24/h4-11,13H,2-3,12H2,1H3. The fourth-order valence-electron chi connectivity index (χ4n) is 3.65. The number of halogens is 1. The largest absolute Gasteiger partial charge is 0.207 e. The van der Waals surface area contributed by atoms with Crippen LogP contribution in [-0.2, 0) is 12.8 Å². The van der Waals surface area contributed by atoms with E-state index in [0.717, 1.165) is 47.1 Å². The molecule has 3 aromatic carbocycles. The number of nitrogens with zero attached hydrogens (tertiary/aromatic N) is 1. The third-order valence-electron chi connectivity index (χ3n) is 4.92. The summed E-state index contributed by atoms with van der Waals surface area (Å²) in [6.45, 7) is 2.07. The van der Waals surface area contributed by atoms with Crippen LogP contribution in [0.2, 0.25) is 0 Å². The zero-order chi connectivity index (χ0) is 17.4. The quantitative estimate of drug-likeness (QED) is 0.460. The number of fused-ring (bicyclic) bond motifs is 3. The predicted molar refractivity (Wildman–Crippen MR) is 98.8 cm³/mol. The van der Waals surface area contributed by atoms with Crippen LogP contribution in [0.25, 0.3) is 22.3 Å². The van der Waals surface area contributed by atoms with Crippen molar-refractivity contribution in [2.45, 2.75) is 26.2 Å². The van der Waals surface area contributed by atoms with Crippen LogP contribution in [-0.4, -0.2) is 0 Å². The first-order valence-electron chi connectivity index (χ1n) is 8.64. The third kappa shape index (κ3) is 2.72. The van der Waals surface area contributed by atoms with Gasteiger partial charge in [-0.1, -0.05) is 49.7 Å². The predicted octanol–water partition coefficient (Wildman–Crippen LogP) is 5.89. The number of nitriles is 1. The van der Waals surface area contributed by atoms with Crippen molar-refractivity contribution in [3.05, 3.63) is 82.7 Å². The summed E-state index contributed by atoms with van der Waals surface area (Å²) >= 11 is 0. The fraction of sp³-hybridized carbons (Fsp3) is 0.174. The van der Waals surface area contributed by atoms with Gasteiger partial charge in [0.2, 0.25) is 0 Å². The van der Waals surface area contributed by atoms with Crippen LogP contribution in [0.5, 0.6) is 0 Å². The van der Waals surface area contributed by atoms with E-state index in [9.17, 15) is 4.39 Å². The van der Waals surface area contributed by atoms with E-state index >= 15 is 0 Å². The minimum atomic E-state index is -0.0929. The van der Waals surface area contributed by atoms with Crippen molar-refractivity contribution in [3.8, 4) is 28.3 Å². The topological polar surface area (TPSA) is 23.8 Å². The van der Waals surface area contributed by atoms with Gasteiger partial charge < -0.3 is 0 Å². The minimum absolute atomic E-state index is 0.0929. The third-order valence-corrected chi connectivity index (χ3v) is 4.92. The van der Waals surface area contributed by atoms with Crippen LogP contribution < -0.4 is 0 Å². The molecule has 25 heavy (non-hydrogen) atoms. The van der Waals surface area contributed by atoms with Crippen LogP contribution in [0, 0.1) is 17.1 Å². The Morgan fingerprint density at radius 2 is 1.64 bits per heavy atom. The van der Waals surface area contributed by atoms with Gasteiger partial charge in [0.1, 0.15) is 5.82 Å². The second-order valence-corrected chi connectivity index (χ2v) is 6.59. The average molecular weight is 327 g/mol. The summed E-state index contributed by atoms with van der Waals surface area (Å²) in [5.74, 6) is -0.0929. The Labute approximate surface area is 147 Å². The molecule has 2 heteroatoms. The van der Waals surface area contributed by atoms with E-state index in [-0.39, 0.29) is 5.82 Å². The molecule has 0 heterocycles. The van der Waals surface area contributed by atoms with Crippen molar-refractivity contribution >= 4 is 0 Å². The number of aryl methyl sites for hydroxylation is 1. The zero-order valence-corrected chi connectivity index (χ0v) is 14.1. The van der Waals surface area contributed by atoms with Gasteiger partial charge in [-0.15, -0.1) is 0 Å². The molecule has 0 saturated carbocycles. The lowest BCUT2D eigenvalue weighted by molar-refractivity contribution is 0.607. The molecule has 0 bridgehead atoms. The molecule has 3 aromatic rings. The molecule has 0 atom stereocenters. The van der Waals surface area contributed by atoms with E-state index in [0.29, 0.717) is 5.56 Å². The summed E-state index contributed by atoms with van der Waals surface area (Å²) < 4.78 is 14.3. The molecule has 0 radical (unpaired) electrons. The molecule has 0 saturated heterocycles. The zero-order valence-electron chi connectivity index (χ0n) is 14.1. The Kier molecular flexibility index (Phi) is 3.86. The van der Waals surface area contributed by atoms with Gasteiger partial charge in [0.15, 0.2) is 0 Å². The van der Waals surface area contributed by atoms with Crippen LogP contribution >= 0.6 is 0 Å². The summed E-state index contributed by atoms with van der Waals surface area (Å²) in [6.07, 6.45) is 2.59. The Morgan fingerprint density at radius 1 is 0.920 bits per heavy atom. The summed E-state index contributed by atoms with van der Waals surface area (Å²) in [7, 11) is 0. The highest BCUT2D eigenvalue weighted by atomic mass is 19.1. The maximum atomic E-state index is 14.3. The van der Waals surface area contributed by atoms with E-state index in [2.05, 4.69) is 31.2 Å². The fourth-order valence-corrected chi connectivity index (χ4v) is 3.65. The van der Waals surface area contributed by atoms with Gasteiger partial charge in [0, 0.05) is 0 Å². The maximum absolute atomic E-state index is 14.3. The lowest BCUT2D eigenvalue weighted by Gasteiger charge is -2.07. The lowest BCUT2D eigenvalue weighted by Crippen LogP contribution is -1.92. The van der Waals surface area contributed by atoms with Crippen LogP contribution in [0.15, 0.2) is 54.6 Å². The van der Waals surface area contributed by atoms with Gasteiger partial charge in [-0.25, -0.2) is 4.39 Å². The molecule has 0 amide bonds. The average Bonchev–Trinajstić information content (AvgIpc) is 2.99. The first kappa shape index (κ1) is 15.6. The molecule has 0 fully saturated rings. The van der Waals surface area contributed by atoms with Crippen molar-refractivity contribution in [1.82, 2.24) is 0 Å². The van der Waals surface area contributed by atoms with Crippen molar-refractivity contribution in [2.75, 3.05) is 0 Å². The van der Waals surface area contributed by atoms with Gasteiger partial charge in [-0.2, -0.15) is 5.26 Å². The lowest BCUT2D eigenvalue weighted by atomic mass is 9.98. The summed E-state index contributed by atoms with van der Waals surface area (Å²) in [4.78, 5) is 0. The van der Waals surface area contributed by atoms with Crippen molar-refractivity contribution in [1.29, 1.82) is 5.26 Å². The van der Waals surface area contributed by atoms with Gasteiger partial charge >= 0.3 is 0 Å². The molecule has 1 aliphatic rings. The molecule has 1 nitrogen and oxygen atoms in total. The highest BCUT2D eigenvalue weighted by Gasteiger charge is 2.21. The van der Waals surface area contributed by atoms with Crippen LogP contribution in [0.4, 0.5) is 4.39 Å². The highest BCUT2D eigenvalue weighted by Crippen LogP contribution is 2.40. The summed E-state index contributed by atoms with van der Waals surface area (Å²) in [6, 6.07) is 19.9. The molecular weight excluding hydrogens is 309 g/mol. The second-order valence-electron chi connectivity index (χ2n) is 6.59. The number of benzene rings is 3. The van der Waals surface area contributed by atoms with Gasteiger partial charge in [-0.3, -0.25) is 0 Å². The molecule has 0 spiro atoms. The molecule has 1 aliphatic carbocycles. The van der Waals surface area contributed by atoms with Crippen LogP contribution in [0.3, 0.4) is 0 Å². The molecule has 4 rings (SSSR count).